The molecule has 0 aliphatic carbocycles. The molecule has 0 aliphatic rings. The number of aromatic amines is 1. The van der Waals surface area contributed by atoms with Crippen LogP contribution in [0.4, 0.5) is 5.69 Å². The predicted octanol–water partition coefficient (Wildman–Crippen LogP) is 1.08. The second kappa shape index (κ2) is 7.13. The van der Waals surface area contributed by atoms with Crippen molar-refractivity contribution in [2.75, 3.05) is 12.3 Å². The Morgan fingerprint density at radius 1 is 1.53 bits per heavy atom. The first-order valence-electron chi connectivity index (χ1n) is 6.74. The first kappa shape index (κ1) is 15.5. The van der Waals surface area contributed by atoms with Gasteiger partial charge in [-0.25, -0.2) is 0 Å². The molecule has 1 aromatic heterocycles. The molecule has 1 unspecified atom stereocenters. The third-order valence-electron chi connectivity index (χ3n) is 2.84. The molecule has 1 atom stereocenters. The van der Waals surface area contributed by atoms with Crippen molar-refractivity contribution in [2.45, 2.75) is 46.1 Å². The largest absolute Gasteiger partial charge is 0.395 e. The van der Waals surface area contributed by atoms with Gasteiger partial charge in [0.2, 0.25) is 0 Å². The van der Waals surface area contributed by atoms with Crippen LogP contribution in [0.1, 0.15) is 49.8 Å². The van der Waals surface area contributed by atoms with Gasteiger partial charge in [0.25, 0.3) is 5.91 Å². The molecule has 1 rings (SSSR count). The Morgan fingerprint density at radius 2 is 2.21 bits per heavy atom. The fourth-order valence-corrected chi connectivity index (χ4v) is 1.92. The number of amides is 1. The number of H-pyrrole nitrogens is 1. The van der Waals surface area contributed by atoms with Crippen LogP contribution < -0.4 is 11.1 Å². The molecule has 108 valence electrons. The number of aliphatic hydroxyl groups excluding tert-OH is 1. The summed E-state index contributed by atoms with van der Waals surface area (Å²) < 4.78 is 0. The number of nitrogens with one attached hydrogen (secondary N) is 2. The lowest BCUT2D eigenvalue weighted by molar-refractivity contribution is 0.0896. The van der Waals surface area contributed by atoms with Gasteiger partial charge in [0.15, 0.2) is 5.69 Å². The molecule has 1 heterocycles. The van der Waals surface area contributed by atoms with Gasteiger partial charge in [-0.2, -0.15) is 5.10 Å². The molecular formula is C13H24N4O2. The Bertz CT molecular complexity index is 415. The minimum absolute atomic E-state index is 0.209. The Balaban J connectivity index is 2.54. The second-order valence-electron chi connectivity index (χ2n) is 5.21. The van der Waals surface area contributed by atoms with E-state index in [0.717, 1.165) is 18.5 Å². The van der Waals surface area contributed by atoms with Crippen molar-refractivity contribution in [2.24, 2.45) is 5.92 Å². The van der Waals surface area contributed by atoms with E-state index in [9.17, 15) is 9.90 Å². The highest BCUT2D eigenvalue weighted by atomic mass is 16.3. The summed E-state index contributed by atoms with van der Waals surface area (Å²) in [6.45, 7) is 6.29. The van der Waals surface area contributed by atoms with E-state index >= 15 is 0 Å². The maximum atomic E-state index is 11.9. The Labute approximate surface area is 113 Å². The fraction of sp³-hybridized carbons (Fsp3) is 0.692. The van der Waals surface area contributed by atoms with E-state index < -0.39 is 6.10 Å². The van der Waals surface area contributed by atoms with Crippen LogP contribution in [0.5, 0.6) is 0 Å². The van der Waals surface area contributed by atoms with Gasteiger partial charge in [0.1, 0.15) is 0 Å². The summed E-state index contributed by atoms with van der Waals surface area (Å²) in [4.78, 5) is 11.9. The molecule has 0 saturated carbocycles. The molecule has 0 spiro atoms. The van der Waals surface area contributed by atoms with Crippen molar-refractivity contribution in [3.63, 3.8) is 0 Å². The second-order valence-corrected chi connectivity index (χ2v) is 5.21. The Hall–Kier alpha value is -1.56. The average Bonchev–Trinajstić information content (AvgIpc) is 2.68. The van der Waals surface area contributed by atoms with Crippen LogP contribution in [0.2, 0.25) is 0 Å². The highest BCUT2D eigenvalue weighted by molar-refractivity contribution is 5.97. The van der Waals surface area contributed by atoms with E-state index in [4.69, 9.17) is 5.73 Å². The minimum Gasteiger partial charge on any atom is -0.395 e. The van der Waals surface area contributed by atoms with Gasteiger partial charge in [-0.3, -0.25) is 9.89 Å². The molecule has 5 N–H and O–H groups in total. The third-order valence-corrected chi connectivity index (χ3v) is 2.84. The summed E-state index contributed by atoms with van der Waals surface area (Å²) in [7, 11) is 0. The zero-order chi connectivity index (χ0) is 14.4. The highest BCUT2D eigenvalue weighted by Crippen LogP contribution is 2.15. The molecule has 1 amide bonds. The van der Waals surface area contributed by atoms with Gasteiger partial charge in [-0.15, -0.1) is 0 Å². The van der Waals surface area contributed by atoms with Crippen LogP contribution in [-0.2, 0) is 6.42 Å². The number of aromatic nitrogens is 2. The molecular weight excluding hydrogens is 244 g/mol. The number of hydrogen-bond donors (Lipinski definition) is 4. The number of carbonyl (C=O) groups is 1. The minimum atomic E-state index is -0.542. The monoisotopic (exact) mass is 268 g/mol. The number of rotatable bonds is 7. The zero-order valence-electron chi connectivity index (χ0n) is 11.9. The number of aryl methyl sites for hydroxylation is 1. The normalized spacial score (nSPS) is 12.7. The molecule has 19 heavy (non-hydrogen) atoms. The highest BCUT2D eigenvalue weighted by Gasteiger charge is 2.17. The Kier molecular flexibility index (Phi) is 5.82. The molecule has 0 bridgehead atoms. The smallest absolute Gasteiger partial charge is 0.274 e. The number of hydrogen-bond acceptors (Lipinski definition) is 4. The van der Waals surface area contributed by atoms with Crippen LogP contribution in [0.25, 0.3) is 0 Å². The summed E-state index contributed by atoms with van der Waals surface area (Å²) in [6, 6.07) is 0. The summed E-state index contributed by atoms with van der Waals surface area (Å²) in [5.74, 6) is 0.0393. The van der Waals surface area contributed by atoms with Crippen LogP contribution in [0.15, 0.2) is 0 Å². The lowest BCUT2D eigenvalue weighted by atomic mass is 10.1. The first-order valence-corrected chi connectivity index (χ1v) is 6.74. The molecule has 0 aromatic carbocycles. The number of nitrogen functional groups attached to an aromatic ring is 1. The van der Waals surface area contributed by atoms with Crippen LogP contribution >= 0.6 is 0 Å². The summed E-state index contributed by atoms with van der Waals surface area (Å²) in [5.41, 5.74) is 7.26. The van der Waals surface area contributed by atoms with Gasteiger partial charge >= 0.3 is 0 Å². The molecule has 0 aliphatic heterocycles. The lowest BCUT2D eigenvalue weighted by Gasteiger charge is -2.13. The number of nitrogens with two attached hydrogens (primary N) is 1. The molecule has 0 fully saturated rings. The maximum absolute atomic E-state index is 11.9. The third kappa shape index (κ3) is 4.55. The zero-order valence-corrected chi connectivity index (χ0v) is 11.9. The van der Waals surface area contributed by atoms with Crippen molar-refractivity contribution >= 4 is 11.6 Å². The van der Waals surface area contributed by atoms with Gasteiger partial charge in [-0.05, 0) is 18.8 Å². The van der Waals surface area contributed by atoms with Crippen molar-refractivity contribution in [3.8, 4) is 0 Å². The van der Waals surface area contributed by atoms with Crippen LogP contribution in [-0.4, -0.2) is 33.9 Å². The molecule has 1 aromatic rings. The molecule has 0 radical (unpaired) electrons. The van der Waals surface area contributed by atoms with Gasteiger partial charge < -0.3 is 16.2 Å². The van der Waals surface area contributed by atoms with E-state index in [1.54, 1.807) is 0 Å². The van der Waals surface area contributed by atoms with E-state index in [0.29, 0.717) is 18.0 Å². The van der Waals surface area contributed by atoms with Crippen molar-refractivity contribution < 1.29 is 9.90 Å². The van der Waals surface area contributed by atoms with E-state index in [2.05, 4.69) is 15.5 Å². The summed E-state index contributed by atoms with van der Waals surface area (Å²) in [6.07, 6.45) is 1.80. The van der Waals surface area contributed by atoms with Gasteiger partial charge in [0.05, 0.1) is 17.5 Å². The van der Waals surface area contributed by atoms with Gasteiger partial charge in [-0.1, -0.05) is 27.2 Å². The van der Waals surface area contributed by atoms with E-state index in [1.165, 1.54) is 0 Å². The quantitative estimate of drug-likeness (QED) is 0.594. The van der Waals surface area contributed by atoms with Crippen molar-refractivity contribution in [1.82, 2.24) is 15.5 Å². The standard InChI is InChI=1S/C13H24N4O2/c1-4-5-10-11(14)12(17-16-10)13(19)15-7-9(18)6-8(2)3/h8-9,18H,4-7,14H2,1-3H3,(H,15,19)(H,16,17). The van der Waals surface area contributed by atoms with Gasteiger partial charge in [0, 0.05) is 6.54 Å². The SMILES string of the molecule is CCCc1[nH]nc(C(=O)NCC(O)CC(C)C)c1N. The summed E-state index contributed by atoms with van der Waals surface area (Å²) in [5, 5.41) is 19.1. The number of aliphatic hydroxyl groups is 1. The number of carbonyl (C=O) groups excluding carboxylic acids is 1. The fourth-order valence-electron chi connectivity index (χ4n) is 1.92. The van der Waals surface area contributed by atoms with Crippen molar-refractivity contribution in [1.29, 1.82) is 0 Å². The summed E-state index contributed by atoms with van der Waals surface area (Å²) >= 11 is 0. The average molecular weight is 268 g/mol. The van der Waals surface area contributed by atoms with Crippen LogP contribution in [0.3, 0.4) is 0 Å². The van der Waals surface area contributed by atoms with E-state index in [1.807, 2.05) is 20.8 Å². The van der Waals surface area contributed by atoms with E-state index in [-0.39, 0.29) is 18.1 Å². The number of anilines is 1. The van der Waals surface area contributed by atoms with Crippen LogP contribution in [0, 0.1) is 5.92 Å². The van der Waals surface area contributed by atoms with Crippen molar-refractivity contribution in [3.05, 3.63) is 11.4 Å². The lowest BCUT2D eigenvalue weighted by Crippen LogP contribution is -2.33. The topological polar surface area (TPSA) is 104 Å². The molecule has 6 nitrogen and oxygen atoms in total. The molecule has 0 saturated heterocycles. The first-order chi connectivity index (χ1) is 8.95. The molecule has 6 heteroatoms. The Morgan fingerprint density at radius 3 is 2.79 bits per heavy atom. The predicted molar refractivity (Wildman–Crippen MR) is 74.8 cm³/mol. The maximum Gasteiger partial charge on any atom is 0.274 e. The number of nitrogens with zero attached hydrogens (tertiary/aromatic N) is 1.